The number of aliphatic hydroxyl groups excluding tert-OH is 1. The highest BCUT2D eigenvalue weighted by Gasteiger charge is 2.20. The van der Waals surface area contributed by atoms with Crippen LogP contribution in [0.2, 0.25) is 0 Å². The molecule has 2 N–H and O–H groups in total. The van der Waals surface area contributed by atoms with Crippen LogP contribution in [-0.4, -0.2) is 17.8 Å². The van der Waals surface area contributed by atoms with Gasteiger partial charge in [-0.3, -0.25) is 0 Å². The largest absolute Gasteiger partial charge is 0.468 e. The monoisotopic (exact) mass is 195 g/mol. The Morgan fingerprint density at radius 2 is 2.29 bits per heavy atom. The molecular weight excluding hydrogens is 178 g/mol. The van der Waals surface area contributed by atoms with Crippen LogP contribution >= 0.6 is 0 Å². The molecule has 1 saturated carbocycles. The summed E-state index contributed by atoms with van der Waals surface area (Å²) in [5.74, 6) is 0.833. The summed E-state index contributed by atoms with van der Waals surface area (Å²) in [6, 6.07) is 4.28. The quantitative estimate of drug-likeness (QED) is 0.770. The standard InChI is InChI=1S/C11H17NO2/c13-8-10(11-6-3-7-14-11)12-9-4-1-2-5-9/h3,6-7,9-10,12-13H,1-2,4-5,8H2. The van der Waals surface area contributed by atoms with Crippen molar-refractivity contribution in [1.29, 1.82) is 0 Å². The van der Waals surface area contributed by atoms with Crippen molar-refractivity contribution in [3.05, 3.63) is 24.2 Å². The fourth-order valence-electron chi connectivity index (χ4n) is 2.09. The SMILES string of the molecule is OCC(NC1CCCC1)c1ccco1. The molecule has 3 heteroatoms. The summed E-state index contributed by atoms with van der Waals surface area (Å²) in [4.78, 5) is 0. The second-order valence-electron chi connectivity index (χ2n) is 3.90. The molecule has 1 aromatic heterocycles. The molecule has 0 radical (unpaired) electrons. The first-order valence-corrected chi connectivity index (χ1v) is 5.30. The van der Waals surface area contributed by atoms with E-state index in [0.717, 1.165) is 5.76 Å². The Balaban J connectivity index is 1.93. The number of aliphatic hydroxyl groups is 1. The molecule has 1 unspecified atom stereocenters. The first-order valence-electron chi connectivity index (χ1n) is 5.30. The van der Waals surface area contributed by atoms with E-state index in [4.69, 9.17) is 4.42 Å². The van der Waals surface area contributed by atoms with Crippen molar-refractivity contribution in [1.82, 2.24) is 5.32 Å². The highest BCUT2D eigenvalue weighted by atomic mass is 16.3. The molecule has 1 fully saturated rings. The van der Waals surface area contributed by atoms with E-state index in [0.29, 0.717) is 6.04 Å². The maximum atomic E-state index is 9.24. The van der Waals surface area contributed by atoms with Crippen molar-refractivity contribution in [2.24, 2.45) is 0 Å². The molecule has 0 saturated heterocycles. The van der Waals surface area contributed by atoms with Gasteiger partial charge in [-0.05, 0) is 25.0 Å². The number of hydrogen-bond acceptors (Lipinski definition) is 3. The Morgan fingerprint density at radius 1 is 1.50 bits per heavy atom. The zero-order valence-corrected chi connectivity index (χ0v) is 8.28. The van der Waals surface area contributed by atoms with E-state index in [1.54, 1.807) is 6.26 Å². The Morgan fingerprint density at radius 3 is 2.86 bits per heavy atom. The second kappa shape index (κ2) is 4.62. The molecule has 78 valence electrons. The minimum absolute atomic E-state index is 0.0342. The van der Waals surface area contributed by atoms with Crippen molar-refractivity contribution in [3.8, 4) is 0 Å². The predicted octanol–water partition coefficient (Wildman–Crippen LogP) is 1.85. The van der Waals surface area contributed by atoms with Gasteiger partial charge < -0.3 is 14.8 Å². The van der Waals surface area contributed by atoms with Crippen molar-refractivity contribution < 1.29 is 9.52 Å². The van der Waals surface area contributed by atoms with E-state index in [2.05, 4.69) is 5.32 Å². The zero-order valence-electron chi connectivity index (χ0n) is 8.28. The van der Waals surface area contributed by atoms with Crippen LogP contribution in [0.1, 0.15) is 37.5 Å². The van der Waals surface area contributed by atoms with Gasteiger partial charge >= 0.3 is 0 Å². The molecule has 1 aliphatic rings. The molecule has 1 heterocycles. The summed E-state index contributed by atoms with van der Waals surface area (Å²) >= 11 is 0. The van der Waals surface area contributed by atoms with E-state index >= 15 is 0 Å². The Bertz CT molecular complexity index is 252. The average Bonchev–Trinajstić information content (AvgIpc) is 2.86. The lowest BCUT2D eigenvalue weighted by atomic mass is 10.2. The fraction of sp³-hybridized carbons (Fsp3) is 0.636. The van der Waals surface area contributed by atoms with Gasteiger partial charge in [0.15, 0.2) is 0 Å². The van der Waals surface area contributed by atoms with Crippen molar-refractivity contribution >= 4 is 0 Å². The Labute approximate surface area is 84.1 Å². The Hall–Kier alpha value is -0.800. The first-order chi connectivity index (χ1) is 6.90. The molecular formula is C11H17NO2. The molecule has 2 rings (SSSR count). The maximum Gasteiger partial charge on any atom is 0.123 e. The van der Waals surface area contributed by atoms with Crippen LogP contribution in [0, 0.1) is 0 Å². The van der Waals surface area contributed by atoms with Gasteiger partial charge in [0.25, 0.3) is 0 Å². The van der Waals surface area contributed by atoms with Crippen molar-refractivity contribution in [2.75, 3.05) is 6.61 Å². The minimum Gasteiger partial charge on any atom is -0.468 e. The number of furan rings is 1. The topological polar surface area (TPSA) is 45.4 Å². The van der Waals surface area contributed by atoms with E-state index in [-0.39, 0.29) is 12.6 Å². The van der Waals surface area contributed by atoms with E-state index in [9.17, 15) is 5.11 Å². The van der Waals surface area contributed by atoms with Gasteiger partial charge in [0.2, 0.25) is 0 Å². The molecule has 0 spiro atoms. The predicted molar refractivity (Wildman–Crippen MR) is 53.9 cm³/mol. The van der Waals surface area contributed by atoms with Crippen molar-refractivity contribution in [2.45, 2.75) is 37.8 Å². The van der Waals surface area contributed by atoms with Gasteiger partial charge in [-0.25, -0.2) is 0 Å². The summed E-state index contributed by atoms with van der Waals surface area (Å²) in [5.41, 5.74) is 0. The van der Waals surface area contributed by atoms with Gasteiger partial charge in [0.1, 0.15) is 5.76 Å². The second-order valence-corrected chi connectivity index (χ2v) is 3.90. The molecule has 3 nitrogen and oxygen atoms in total. The van der Waals surface area contributed by atoms with Crippen LogP contribution in [0.15, 0.2) is 22.8 Å². The minimum atomic E-state index is -0.0342. The van der Waals surface area contributed by atoms with E-state index in [1.165, 1.54) is 25.7 Å². The average molecular weight is 195 g/mol. The number of rotatable bonds is 4. The third-order valence-corrected chi connectivity index (χ3v) is 2.86. The molecule has 1 aliphatic carbocycles. The number of nitrogens with one attached hydrogen (secondary N) is 1. The maximum absolute atomic E-state index is 9.24. The van der Waals surface area contributed by atoms with Gasteiger partial charge in [-0.2, -0.15) is 0 Å². The summed E-state index contributed by atoms with van der Waals surface area (Å²) in [5, 5.41) is 12.7. The molecule has 1 atom stereocenters. The van der Waals surface area contributed by atoms with Gasteiger partial charge in [0, 0.05) is 6.04 Å². The lowest BCUT2D eigenvalue weighted by molar-refractivity contribution is 0.215. The van der Waals surface area contributed by atoms with Crippen molar-refractivity contribution in [3.63, 3.8) is 0 Å². The fourth-order valence-corrected chi connectivity index (χ4v) is 2.09. The van der Waals surface area contributed by atoms with Gasteiger partial charge in [-0.15, -0.1) is 0 Å². The first kappa shape index (κ1) is 9.74. The van der Waals surface area contributed by atoms with E-state index in [1.807, 2.05) is 12.1 Å². The summed E-state index contributed by atoms with van der Waals surface area (Å²) in [6.45, 7) is 0.101. The van der Waals surface area contributed by atoms with Crippen LogP contribution in [0.3, 0.4) is 0 Å². The molecule has 14 heavy (non-hydrogen) atoms. The van der Waals surface area contributed by atoms with Gasteiger partial charge in [0.05, 0.1) is 18.9 Å². The molecule has 0 amide bonds. The normalized spacial score (nSPS) is 20.1. The van der Waals surface area contributed by atoms with Crippen LogP contribution < -0.4 is 5.32 Å². The highest BCUT2D eigenvalue weighted by Crippen LogP contribution is 2.22. The highest BCUT2D eigenvalue weighted by molar-refractivity contribution is 5.05. The van der Waals surface area contributed by atoms with Crippen LogP contribution in [-0.2, 0) is 0 Å². The molecule has 0 aromatic carbocycles. The lowest BCUT2D eigenvalue weighted by Crippen LogP contribution is -2.32. The smallest absolute Gasteiger partial charge is 0.123 e. The Kier molecular flexibility index (Phi) is 3.22. The van der Waals surface area contributed by atoms with Crippen LogP contribution in [0.5, 0.6) is 0 Å². The molecule has 0 bridgehead atoms. The van der Waals surface area contributed by atoms with E-state index < -0.39 is 0 Å². The third-order valence-electron chi connectivity index (χ3n) is 2.86. The van der Waals surface area contributed by atoms with Crippen LogP contribution in [0.4, 0.5) is 0 Å². The summed E-state index contributed by atoms with van der Waals surface area (Å²) in [6.07, 6.45) is 6.69. The summed E-state index contributed by atoms with van der Waals surface area (Å²) in [7, 11) is 0. The van der Waals surface area contributed by atoms with Gasteiger partial charge in [-0.1, -0.05) is 12.8 Å². The lowest BCUT2D eigenvalue weighted by Gasteiger charge is -2.18. The molecule has 0 aliphatic heterocycles. The number of hydrogen-bond donors (Lipinski definition) is 2. The third kappa shape index (κ3) is 2.16. The summed E-state index contributed by atoms with van der Waals surface area (Å²) < 4.78 is 5.27. The zero-order chi connectivity index (χ0) is 9.80. The van der Waals surface area contributed by atoms with Crippen LogP contribution in [0.25, 0.3) is 0 Å². The molecule has 1 aromatic rings.